The summed E-state index contributed by atoms with van der Waals surface area (Å²) in [5.41, 5.74) is 7.46. The maximum Gasteiger partial charge on any atom is 0.239 e. The Bertz CT molecular complexity index is 1930. The quantitative estimate of drug-likeness (QED) is 0.109. The van der Waals surface area contributed by atoms with Crippen LogP contribution in [0, 0.1) is 35.5 Å². The molecule has 0 aliphatic carbocycles. The molecule has 1 aliphatic heterocycles. The average molecular weight is 912 g/mol. The Hall–Kier alpha value is -4.18. The number of ether oxygens (including phenoxy) is 2. The van der Waals surface area contributed by atoms with Crippen LogP contribution in [0.2, 0.25) is 0 Å². The Morgan fingerprint density at radius 2 is 1.45 bits per heavy atom. The molecular weight excluding hydrogens is 835 g/mol. The van der Waals surface area contributed by atoms with E-state index in [1.807, 2.05) is 90.9 Å². The van der Waals surface area contributed by atoms with Crippen molar-refractivity contribution in [2.75, 3.05) is 47.6 Å². The summed E-state index contributed by atoms with van der Waals surface area (Å²) in [6.07, 6.45) is 0.558. The fraction of sp³-hybridized carbons (Fsp3) is 0.653. The van der Waals surface area contributed by atoms with Crippen molar-refractivity contribution in [1.29, 1.82) is 0 Å². The van der Waals surface area contributed by atoms with Gasteiger partial charge in [0.25, 0.3) is 0 Å². The molecule has 3 rings (SSSR count). The fourth-order valence-electron chi connectivity index (χ4n) is 9.49. The van der Waals surface area contributed by atoms with Gasteiger partial charge in [-0.15, -0.1) is 0 Å². The SMILES string of the molecule is CCC(C)[C@@H]([C@@H](CC(=O)N1CCC[C@H]1[C@H](OC)[C@@H](C)C(=O)C[C@@H](Cc1ccccc1)C(=O)NS(=O)(=O)Cc1ccc(N)cc1)OC)N(C)C(=O)[C@@H](CC(=O)[C@H](C(C)C)N(C)C)C(C)C. The third kappa shape index (κ3) is 14.9. The van der Waals surface area contributed by atoms with E-state index in [1.165, 1.54) is 7.11 Å². The number of likely N-dealkylation sites (N-methyl/N-ethyl adjacent to an activating group) is 2. The minimum atomic E-state index is -4.12. The Kier molecular flexibility index (Phi) is 21.1. The number of benzene rings is 2. The van der Waals surface area contributed by atoms with Gasteiger partial charge >= 0.3 is 0 Å². The molecule has 64 heavy (non-hydrogen) atoms. The van der Waals surface area contributed by atoms with Crippen LogP contribution in [0.15, 0.2) is 54.6 Å². The Labute approximate surface area is 383 Å². The summed E-state index contributed by atoms with van der Waals surface area (Å²) in [5, 5.41) is 0. The van der Waals surface area contributed by atoms with Crippen molar-refractivity contribution in [2.45, 2.75) is 129 Å². The van der Waals surface area contributed by atoms with Crippen molar-refractivity contribution < 1.29 is 41.9 Å². The molecular formula is C49H77N5O9S. The third-order valence-corrected chi connectivity index (χ3v) is 14.4. The molecule has 3 amide bonds. The van der Waals surface area contributed by atoms with Crippen LogP contribution in [0.1, 0.15) is 98.1 Å². The highest BCUT2D eigenvalue weighted by atomic mass is 32.2. The number of sulfonamides is 1. The second-order valence-electron chi connectivity index (χ2n) is 18.8. The first-order chi connectivity index (χ1) is 30.1. The van der Waals surface area contributed by atoms with E-state index in [4.69, 9.17) is 15.2 Å². The fourth-order valence-corrected chi connectivity index (χ4v) is 10.7. The number of hydrogen-bond donors (Lipinski definition) is 2. The minimum absolute atomic E-state index is 0.0212. The van der Waals surface area contributed by atoms with Gasteiger partial charge < -0.3 is 25.0 Å². The first-order valence-electron chi connectivity index (χ1n) is 22.8. The monoisotopic (exact) mass is 912 g/mol. The number of hydrogen-bond acceptors (Lipinski definition) is 11. The highest BCUT2D eigenvalue weighted by molar-refractivity contribution is 7.89. The number of anilines is 1. The lowest BCUT2D eigenvalue weighted by atomic mass is 9.83. The van der Waals surface area contributed by atoms with Crippen molar-refractivity contribution in [3.8, 4) is 0 Å². The first-order valence-corrected chi connectivity index (χ1v) is 24.5. The van der Waals surface area contributed by atoms with Crippen LogP contribution in [0.25, 0.3) is 0 Å². The lowest BCUT2D eigenvalue weighted by Crippen LogP contribution is -2.54. The van der Waals surface area contributed by atoms with Gasteiger partial charge in [-0.3, -0.25) is 33.6 Å². The van der Waals surface area contributed by atoms with E-state index >= 15 is 0 Å². The van der Waals surface area contributed by atoms with Gasteiger partial charge in [-0.1, -0.05) is 97.4 Å². The molecule has 358 valence electrons. The number of rotatable bonds is 26. The van der Waals surface area contributed by atoms with E-state index in [-0.39, 0.29) is 72.9 Å². The lowest BCUT2D eigenvalue weighted by molar-refractivity contribution is -0.149. The zero-order valence-corrected chi connectivity index (χ0v) is 41.2. The Morgan fingerprint density at radius 3 is 1.98 bits per heavy atom. The number of Topliss-reactive ketones (excluding diaryl/α,β-unsaturated/α-hetero) is 2. The van der Waals surface area contributed by atoms with Crippen molar-refractivity contribution in [1.82, 2.24) is 19.4 Å². The zero-order valence-electron chi connectivity index (χ0n) is 40.4. The molecule has 1 heterocycles. The molecule has 3 N–H and O–H groups in total. The van der Waals surface area contributed by atoms with Crippen LogP contribution < -0.4 is 10.5 Å². The van der Waals surface area contributed by atoms with E-state index in [0.717, 1.165) is 5.56 Å². The molecule has 2 aromatic carbocycles. The number of nitrogens with two attached hydrogens (primary N) is 1. The van der Waals surface area contributed by atoms with Crippen LogP contribution in [-0.4, -0.2) is 125 Å². The molecule has 15 heteroatoms. The topological polar surface area (TPSA) is 186 Å². The van der Waals surface area contributed by atoms with Crippen LogP contribution in [-0.2, 0) is 55.6 Å². The summed E-state index contributed by atoms with van der Waals surface area (Å²) in [4.78, 5) is 75.7. The molecule has 2 aromatic rings. The summed E-state index contributed by atoms with van der Waals surface area (Å²) in [6.45, 7) is 14.2. The van der Waals surface area contributed by atoms with Crippen molar-refractivity contribution in [3.63, 3.8) is 0 Å². The van der Waals surface area contributed by atoms with Gasteiger partial charge in [-0.05, 0) is 74.4 Å². The highest BCUT2D eigenvalue weighted by Crippen LogP contribution is 2.32. The van der Waals surface area contributed by atoms with Gasteiger partial charge in [-0.25, -0.2) is 8.42 Å². The van der Waals surface area contributed by atoms with Crippen LogP contribution >= 0.6 is 0 Å². The number of nitrogen functional groups attached to an aromatic ring is 1. The summed E-state index contributed by atoms with van der Waals surface area (Å²) >= 11 is 0. The molecule has 1 fully saturated rings. The molecule has 14 nitrogen and oxygen atoms in total. The van der Waals surface area contributed by atoms with Crippen LogP contribution in [0.5, 0.6) is 0 Å². The molecule has 0 aromatic heterocycles. The van der Waals surface area contributed by atoms with E-state index in [0.29, 0.717) is 37.1 Å². The molecule has 9 atom stereocenters. The second kappa shape index (κ2) is 24.9. The van der Waals surface area contributed by atoms with E-state index < -0.39 is 63.7 Å². The third-order valence-electron chi connectivity index (χ3n) is 13.1. The largest absolute Gasteiger partial charge is 0.399 e. The van der Waals surface area contributed by atoms with Gasteiger partial charge in [0.1, 0.15) is 5.78 Å². The number of likely N-dealkylation sites (tertiary alicyclic amines) is 1. The standard InChI is InChI=1S/C49H77N5O9S/c1-13-33(6)46(53(10)49(59)39(31(2)3)28-42(56)45(32(4)5)52(8)9)43(62-11)29-44(57)54-25-17-20-40(54)47(63-12)34(7)41(55)27-37(26-35-18-15-14-16-19-35)48(58)51-64(60,61)30-36-21-23-38(50)24-22-36/h14-16,18-19,21-24,31-34,37,39-40,43,45-47H,13,17,20,25-30,50H2,1-12H3,(H,51,58)/t33?,34-,37+,39-,40-,43+,45-,46-,47+/m0/s1. The Morgan fingerprint density at radius 1 is 0.828 bits per heavy atom. The summed E-state index contributed by atoms with van der Waals surface area (Å²) < 4.78 is 40.6. The zero-order chi connectivity index (χ0) is 48.1. The molecule has 0 radical (unpaired) electrons. The molecule has 0 bridgehead atoms. The average Bonchev–Trinajstić information content (AvgIpc) is 3.72. The van der Waals surface area contributed by atoms with Gasteiger partial charge in [-0.2, -0.15) is 0 Å². The molecule has 1 saturated heterocycles. The van der Waals surface area contributed by atoms with Crippen molar-refractivity contribution >= 4 is 45.0 Å². The van der Waals surface area contributed by atoms with Crippen LogP contribution in [0.3, 0.4) is 0 Å². The number of carbonyl (C=O) groups is 5. The van der Waals surface area contributed by atoms with Gasteiger partial charge in [0.2, 0.25) is 27.7 Å². The predicted molar refractivity (Wildman–Crippen MR) is 251 cm³/mol. The summed E-state index contributed by atoms with van der Waals surface area (Å²) in [7, 11) is 4.44. The number of ketones is 2. The predicted octanol–water partition coefficient (Wildman–Crippen LogP) is 5.77. The van der Waals surface area contributed by atoms with Gasteiger partial charge in [0.05, 0.1) is 42.5 Å². The maximum atomic E-state index is 14.4. The highest BCUT2D eigenvalue weighted by Gasteiger charge is 2.43. The number of carbonyl (C=O) groups excluding carboxylic acids is 5. The summed E-state index contributed by atoms with van der Waals surface area (Å²) in [6, 6.07) is 14.2. The van der Waals surface area contributed by atoms with Crippen LogP contribution in [0.4, 0.5) is 5.69 Å². The number of nitrogens with one attached hydrogen (secondary N) is 1. The van der Waals surface area contributed by atoms with Gasteiger partial charge in [0, 0.05) is 64.1 Å². The van der Waals surface area contributed by atoms with E-state index in [1.54, 1.807) is 55.1 Å². The first kappa shape index (κ1) is 54.2. The lowest BCUT2D eigenvalue weighted by Gasteiger charge is -2.41. The Balaban J connectivity index is 1.82. The van der Waals surface area contributed by atoms with Crippen molar-refractivity contribution in [3.05, 3.63) is 65.7 Å². The van der Waals surface area contributed by atoms with E-state index in [2.05, 4.69) is 4.72 Å². The normalized spacial score (nSPS) is 18.2. The minimum Gasteiger partial charge on any atom is -0.399 e. The second-order valence-corrected chi connectivity index (χ2v) is 20.5. The maximum absolute atomic E-state index is 14.4. The van der Waals surface area contributed by atoms with E-state index in [9.17, 15) is 32.4 Å². The molecule has 1 aliphatic rings. The van der Waals surface area contributed by atoms with Gasteiger partial charge in [0.15, 0.2) is 5.78 Å². The smallest absolute Gasteiger partial charge is 0.239 e. The number of nitrogens with zero attached hydrogens (tertiary/aromatic N) is 3. The molecule has 0 spiro atoms. The summed E-state index contributed by atoms with van der Waals surface area (Å²) in [5.74, 6) is -4.24. The molecule has 1 unspecified atom stereocenters. The number of amides is 3. The molecule has 0 saturated carbocycles. The van der Waals surface area contributed by atoms with Crippen molar-refractivity contribution in [2.24, 2.45) is 35.5 Å². The number of methoxy groups -OCH3 is 2.